The monoisotopic (exact) mass is 287 g/mol. The summed E-state index contributed by atoms with van der Waals surface area (Å²) in [5.74, 6) is 0. The Balaban J connectivity index is 2.37. The Hall–Kier alpha value is -1.59. The van der Waals surface area contributed by atoms with Gasteiger partial charge in [-0.25, -0.2) is 4.98 Å². The van der Waals surface area contributed by atoms with Gasteiger partial charge in [0.2, 0.25) is 0 Å². The van der Waals surface area contributed by atoms with Gasteiger partial charge in [-0.3, -0.25) is 0 Å². The van der Waals surface area contributed by atoms with Crippen LogP contribution in [-0.2, 0) is 6.18 Å². The zero-order valence-corrected chi connectivity index (χ0v) is 10.3. The molecule has 0 fully saturated rings. The van der Waals surface area contributed by atoms with Crippen molar-refractivity contribution in [2.75, 3.05) is 0 Å². The molecule has 0 aliphatic heterocycles. The van der Waals surface area contributed by atoms with Gasteiger partial charge in [-0.05, 0) is 35.4 Å². The van der Waals surface area contributed by atoms with Gasteiger partial charge in [0.15, 0.2) is 0 Å². The third kappa shape index (κ3) is 3.24. The molecule has 1 aromatic heterocycles. The molecule has 0 saturated heterocycles. The van der Waals surface area contributed by atoms with Crippen molar-refractivity contribution in [3.63, 3.8) is 0 Å². The second-order valence-corrected chi connectivity index (χ2v) is 4.32. The van der Waals surface area contributed by atoms with Gasteiger partial charge >= 0.3 is 6.18 Å². The highest BCUT2D eigenvalue weighted by atomic mass is 35.5. The lowest BCUT2D eigenvalue weighted by Crippen LogP contribution is -2.07. The molecule has 0 spiro atoms. The van der Waals surface area contributed by atoms with E-state index in [9.17, 15) is 18.3 Å². The largest absolute Gasteiger partial charge is 0.416 e. The number of hydrogen-bond acceptors (Lipinski definition) is 2. The Labute approximate surface area is 112 Å². The molecule has 0 bridgehead atoms. The zero-order valence-electron chi connectivity index (χ0n) is 9.53. The summed E-state index contributed by atoms with van der Waals surface area (Å²) in [5, 5.41) is 10.2. The molecule has 0 aliphatic rings. The fraction of sp³-hybridized carbons (Fsp3) is 0.154. The molecule has 1 heterocycles. The number of benzene rings is 1. The number of rotatable bonds is 2. The predicted octanol–water partition coefficient (Wildman–Crippen LogP) is 3.84. The number of halogens is 4. The van der Waals surface area contributed by atoms with E-state index in [0.717, 1.165) is 12.1 Å². The Morgan fingerprint density at radius 2 is 1.79 bits per heavy atom. The first-order valence-corrected chi connectivity index (χ1v) is 5.72. The highest BCUT2D eigenvalue weighted by Crippen LogP contribution is 2.32. The van der Waals surface area contributed by atoms with Gasteiger partial charge in [-0.15, -0.1) is 0 Å². The van der Waals surface area contributed by atoms with Gasteiger partial charge in [-0.1, -0.05) is 23.7 Å². The molecule has 0 amide bonds. The maximum atomic E-state index is 12.6. The van der Waals surface area contributed by atoms with Crippen LogP contribution in [0.5, 0.6) is 0 Å². The number of aliphatic hydroxyl groups is 1. The number of nitrogens with zero attached hydrogens (tertiary/aromatic N) is 1. The number of hydrogen-bond donors (Lipinski definition) is 1. The lowest BCUT2D eigenvalue weighted by Gasteiger charge is -2.14. The van der Waals surface area contributed by atoms with Crippen LogP contribution in [0.3, 0.4) is 0 Å². The average Bonchev–Trinajstić information content (AvgIpc) is 2.37. The van der Waals surface area contributed by atoms with Crippen LogP contribution in [0.1, 0.15) is 22.8 Å². The van der Waals surface area contributed by atoms with E-state index in [0.29, 0.717) is 5.56 Å². The second-order valence-electron chi connectivity index (χ2n) is 3.94. The maximum absolute atomic E-state index is 12.6. The van der Waals surface area contributed by atoms with Crippen molar-refractivity contribution in [1.82, 2.24) is 4.98 Å². The molecule has 2 aromatic rings. The number of pyridine rings is 1. The summed E-state index contributed by atoms with van der Waals surface area (Å²) in [6, 6.07) is 7.45. The SMILES string of the molecule is OC(c1cccc(C(F)(F)F)c1)c1ccnc(Cl)c1. The number of alkyl halides is 3. The summed E-state index contributed by atoms with van der Waals surface area (Å²) in [5.41, 5.74) is -0.263. The summed E-state index contributed by atoms with van der Waals surface area (Å²) >= 11 is 5.68. The molecular weight excluding hydrogens is 279 g/mol. The summed E-state index contributed by atoms with van der Waals surface area (Å²) in [7, 11) is 0. The molecule has 0 saturated carbocycles. The van der Waals surface area contributed by atoms with Crippen molar-refractivity contribution < 1.29 is 18.3 Å². The van der Waals surface area contributed by atoms with E-state index in [-0.39, 0.29) is 10.7 Å². The van der Waals surface area contributed by atoms with E-state index in [1.54, 1.807) is 0 Å². The molecule has 1 atom stereocenters. The Bertz CT molecular complexity index is 586. The van der Waals surface area contributed by atoms with E-state index >= 15 is 0 Å². The highest BCUT2D eigenvalue weighted by molar-refractivity contribution is 6.29. The summed E-state index contributed by atoms with van der Waals surface area (Å²) in [6.45, 7) is 0. The topological polar surface area (TPSA) is 33.1 Å². The first kappa shape index (κ1) is 13.8. The second kappa shape index (κ2) is 5.19. The van der Waals surface area contributed by atoms with E-state index in [1.807, 2.05) is 0 Å². The van der Waals surface area contributed by atoms with E-state index in [1.165, 1.54) is 30.5 Å². The third-order valence-electron chi connectivity index (χ3n) is 2.60. The normalized spacial score (nSPS) is 13.3. The van der Waals surface area contributed by atoms with Crippen LogP contribution >= 0.6 is 11.6 Å². The van der Waals surface area contributed by atoms with Crippen LogP contribution in [0.4, 0.5) is 13.2 Å². The average molecular weight is 288 g/mol. The molecule has 6 heteroatoms. The molecule has 100 valence electrons. The fourth-order valence-corrected chi connectivity index (χ4v) is 1.85. The van der Waals surface area contributed by atoms with E-state index in [2.05, 4.69) is 4.98 Å². The van der Waals surface area contributed by atoms with Crippen LogP contribution < -0.4 is 0 Å². The minimum atomic E-state index is -4.44. The van der Waals surface area contributed by atoms with Gasteiger partial charge in [0.05, 0.1) is 5.56 Å². The minimum absolute atomic E-state index is 0.150. The number of aliphatic hydroxyl groups excluding tert-OH is 1. The molecule has 0 radical (unpaired) electrons. The zero-order chi connectivity index (χ0) is 14.0. The summed E-state index contributed by atoms with van der Waals surface area (Å²) in [4.78, 5) is 3.75. The van der Waals surface area contributed by atoms with Crippen molar-refractivity contribution in [1.29, 1.82) is 0 Å². The molecule has 2 nitrogen and oxygen atoms in total. The smallest absolute Gasteiger partial charge is 0.384 e. The van der Waals surface area contributed by atoms with E-state index < -0.39 is 17.8 Å². The predicted molar refractivity (Wildman–Crippen MR) is 64.8 cm³/mol. The van der Waals surface area contributed by atoms with Crippen LogP contribution in [0.25, 0.3) is 0 Å². The number of aromatic nitrogens is 1. The summed E-state index contributed by atoms with van der Waals surface area (Å²) < 4.78 is 37.8. The molecule has 1 N–H and O–H groups in total. The maximum Gasteiger partial charge on any atom is 0.416 e. The minimum Gasteiger partial charge on any atom is -0.384 e. The standard InChI is InChI=1S/C13H9ClF3NO/c14-11-7-9(4-5-18-11)12(19)8-2-1-3-10(6-8)13(15,16)17/h1-7,12,19H. The van der Waals surface area contributed by atoms with E-state index in [4.69, 9.17) is 11.6 Å². The molecule has 1 aromatic carbocycles. The fourth-order valence-electron chi connectivity index (χ4n) is 1.67. The van der Waals surface area contributed by atoms with Crippen LogP contribution in [0.2, 0.25) is 5.15 Å². The lowest BCUT2D eigenvalue weighted by molar-refractivity contribution is -0.137. The molecule has 2 rings (SSSR count). The first-order chi connectivity index (χ1) is 8.88. The molecule has 19 heavy (non-hydrogen) atoms. The van der Waals surface area contributed by atoms with Crippen molar-refractivity contribution in [3.8, 4) is 0 Å². The van der Waals surface area contributed by atoms with Gasteiger partial charge in [-0.2, -0.15) is 13.2 Å². The van der Waals surface area contributed by atoms with Crippen LogP contribution in [-0.4, -0.2) is 10.1 Å². The van der Waals surface area contributed by atoms with Gasteiger partial charge in [0, 0.05) is 6.20 Å². The highest BCUT2D eigenvalue weighted by Gasteiger charge is 2.30. The van der Waals surface area contributed by atoms with Crippen molar-refractivity contribution in [2.45, 2.75) is 12.3 Å². The van der Waals surface area contributed by atoms with Gasteiger partial charge in [0.1, 0.15) is 11.3 Å². The van der Waals surface area contributed by atoms with Gasteiger partial charge < -0.3 is 5.11 Å². The molecule has 0 aliphatic carbocycles. The molecular formula is C13H9ClF3NO. The Kier molecular flexibility index (Phi) is 3.78. The summed E-state index contributed by atoms with van der Waals surface area (Å²) in [6.07, 6.45) is -4.23. The van der Waals surface area contributed by atoms with Crippen molar-refractivity contribution in [3.05, 3.63) is 64.4 Å². The first-order valence-electron chi connectivity index (χ1n) is 5.34. The Morgan fingerprint density at radius 3 is 2.42 bits per heavy atom. The third-order valence-corrected chi connectivity index (χ3v) is 2.80. The Morgan fingerprint density at radius 1 is 1.11 bits per heavy atom. The van der Waals surface area contributed by atoms with Crippen LogP contribution in [0, 0.1) is 0 Å². The quantitative estimate of drug-likeness (QED) is 0.852. The van der Waals surface area contributed by atoms with Crippen molar-refractivity contribution >= 4 is 11.6 Å². The van der Waals surface area contributed by atoms with Gasteiger partial charge in [0.25, 0.3) is 0 Å². The van der Waals surface area contributed by atoms with Crippen molar-refractivity contribution in [2.24, 2.45) is 0 Å². The lowest BCUT2D eigenvalue weighted by atomic mass is 10.0. The van der Waals surface area contributed by atoms with Crippen LogP contribution in [0.15, 0.2) is 42.6 Å². The molecule has 1 unspecified atom stereocenters.